The zero-order valence-corrected chi connectivity index (χ0v) is 17.2. The molecule has 0 atom stereocenters. The summed E-state index contributed by atoms with van der Waals surface area (Å²) in [5.74, 6) is -2.63. The summed E-state index contributed by atoms with van der Waals surface area (Å²) < 4.78 is 51.2. The highest BCUT2D eigenvalue weighted by atomic mass is 32.2. The molecule has 3 rings (SSSR count). The van der Waals surface area contributed by atoms with E-state index in [0.717, 1.165) is 18.4 Å². The van der Waals surface area contributed by atoms with Gasteiger partial charge in [0.25, 0.3) is 0 Å². The molecular weight excluding hydrogens is 414 g/mol. The van der Waals surface area contributed by atoms with Gasteiger partial charge in [-0.15, -0.1) is 0 Å². The van der Waals surface area contributed by atoms with Gasteiger partial charge >= 0.3 is 0 Å². The molecule has 1 saturated heterocycles. The van der Waals surface area contributed by atoms with Gasteiger partial charge in [0.15, 0.2) is 23.2 Å². The second-order valence-corrected chi connectivity index (χ2v) is 9.17. The maximum Gasteiger partial charge on any atom is 0.229 e. The average Bonchev–Trinajstić information content (AvgIpc) is 2.69. The van der Waals surface area contributed by atoms with E-state index >= 15 is 0 Å². The minimum absolute atomic E-state index is 0.105. The standard InChI is InChI=1S/C21H22F2N2O4S/c1-30(28,29)24-17-5-2-14(3-6-17)20(26)13-25-10-8-15(9-11-25)21(27)16-4-7-18(22)19(23)12-16/h2-7,12,15,24H,8-11,13H2,1H3. The van der Waals surface area contributed by atoms with Crippen LogP contribution in [0.1, 0.15) is 33.6 Å². The molecule has 0 bridgehead atoms. The van der Waals surface area contributed by atoms with Crippen molar-refractivity contribution in [3.63, 3.8) is 0 Å². The number of Topliss-reactive ketones (excluding diaryl/α,β-unsaturated/α-hetero) is 2. The summed E-state index contributed by atoms with van der Waals surface area (Å²) in [7, 11) is -3.38. The van der Waals surface area contributed by atoms with Crippen molar-refractivity contribution in [3.05, 3.63) is 65.2 Å². The van der Waals surface area contributed by atoms with Crippen LogP contribution in [0.15, 0.2) is 42.5 Å². The zero-order chi connectivity index (χ0) is 21.9. The minimum Gasteiger partial charge on any atom is -0.296 e. The molecule has 2 aromatic carbocycles. The first kappa shape index (κ1) is 22.0. The van der Waals surface area contributed by atoms with Gasteiger partial charge in [0.2, 0.25) is 10.0 Å². The molecule has 160 valence electrons. The first-order chi connectivity index (χ1) is 14.1. The van der Waals surface area contributed by atoms with Crippen molar-refractivity contribution in [3.8, 4) is 0 Å². The van der Waals surface area contributed by atoms with E-state index in [4.69, 9.17) is 0 Å². The summed E-state index contributed by atoms with van der Waals surface area (Å²) in [6.07, 6.45) is 2.11. The third-order valence-corrected chi connectivity index (χ3v) is 5.65. The smallest absolute Gasteiger partial charge is 0.229 e. The van der Waals surface area contributed by atoms with E-state index in [2.05, 4.69) is 4.72 Å². The average molecular weight is 436 g/mol. The summed E-state index contributed by atoms with van der Waals surface area (Å²) in [5, 5.41) is 0. The van der Waals surface area contributed by atoms with E-state index < -0.39 is 21.7 Å². The van der Waals surface area contributed by atoms with Crippen LogP contribution in [0.3, 0.4) is 0 Å². The van der Waals surface area contributed by atoms with Crippen LogP contribution >= 0.6 is 0 Å². The third-order valence-electron chi connectivity index (χ3n) is 5.04. The summed E-state index contributed by atoms with van der Waals surface area (Å²) in [6.45, 7) is 1.27. The first-order valence-corrected chi connectivity index (χ1v) is 11.3. The number of carbonyl (C=O) groups is 2. The number of ketones is 2. The molecule has 1 heterocycles. The lowest BCUT2D eigenvalue weighted by atomic mass is 9.88. The van der Waals surface area contributed by atoms with Crippen molar-refractivity contribution in [2.45, 2.75) is 12.8 Å². The van der Waals surface area contributed by atoms with Gasteiger partial charge in [-0.1, -0.05) is 0 Å². The lowest BCUT2D eigenvalue weighted by Gasteiger charge is -2.30. The number of carbonyl (C=O) groups excluding carboxylic acids is 2. The highest BCUT2D eigenvalue weighted by Gasteiger charge is 2.27. The summed E-state index contributed by atoms with van der Waals surface area (Å²) in [5.41, 5.74) is 1.01. The summed E-state index contributed by atoms with van der Waals surface area (Å²) >= 11 is 0. The number of likely N-dealkylation sites (tertiary alicyclic amines) is 1. The largest absolute Gasteiger partial charge is 0.296 e. The van der Waals surface area contributed by atoms with Crippen LogP contribution in [-0.2, 0) is 10.0 Å². The molecule has 0 saturated carbocycles. The van der Waals surface area contributed by atoms with E-state index in [1.807, 2.05) is 4.90 Å². The monoisotopic (exact) mass is 436 g/mol. The van der Waals surface area contributed by atoms with Crippen LogP contribution < -0.4 is 4.72 Å². The number of hydrogen-bond acceptors (Lipinski definition) is 5. The molecule has 1 aliphatic heterocycles. The minimum atomic E-state index is -3.38. The van der Waals surface area contributed by atoms with Crippen LogP contribution in [0.25, 0.3) is 0 Å². The Bertz CT molecular complexity index is 1050. The second-order valence-electron chi connectivity index (χ2n) is 7.42. The van der Waals surface area contributed by atoms with Gasteiger partial charge in [-0.2, -0.15) is 0 Å². The van der Waals surface area contributed by atoms with Gasteiger partial charge in [-0.3, -0.25) is 19.2 Å². The van der Waals surface area contributed by atoms with Crippen molar-refractivity contribution in [1.29, 1.82) is 0 Å². The molecule has 1 aliphatic rings. The Hall–Kier alpha value is -2.65. The number of benzene rings is 2. The number of halogens is 2. The van der Waals surface area contributed by atoms with E-state index in [0.29, 0.717) is 37.2 Å². The van der Waals surface area contributed by atoms with Crippen molar-refractivity contribution in [2.75, 3.05) is 30.6 Å². The fourth-order valence-electron chi connectivity index (χ4n) is 3.47. The molecule has 0 amide bonds. The Kier molecular flexibility index (Phi) is 6.62. The highest BCUT2D eigenvalue weighted by Crippen LogP contribution is 2.23. The lowest BCUT2D eigenvalue weighted by molar-refractivity contribution is 0.0805. The Morgan fingerprint density at radius 1 is 1.00 bits per heavy atom. The number of hydrogen-bond donors (Lipinski definition) is 1. The molecule has 0 aromatic heterocycles. The number of nitrogens with one attached hydrogen (secondary N) is 1. The number of rotatable bonds is 7. The Balaban J connectivity index is 1.53. The summed E-state index contributed by atoms with van der Waals surface area (Å²) in [6, 6.07) is 9.36. The lowest BCUT2D eigenvalue weighted by Crippen LogP contribution is -2.39. The van der Waals surface area contributed by atoms with Crippen LogP contribution in [0, 0.1) is 17.6 Å². The van der Waals surface area contributed by atoms with Crippen molar-refractivity contribution < 1.29 is 26.8 Å². The van der Waals surface area contributed by atoms with Gasteiger partial charge in [-0.05, 0) is 68.4 Å². The molecule has 0 spiro atoms. The van der Waals surface area contributed by atoms with E-state index in [1.165, 1.54) is 18.2 Å². The van der Waals surface area contributed by atoms with Gasteiger partial charge < -0.3 is 0 Å². The number of sulfonamides is 1. The molecule has 30 heavy (non-hydrogen) atoms. The molecule has 1 fully saturated rings. The van der Waals surface area contributed by atoms with Gasteiger partial charge in [-0.25, -0.2) is 17.2 Å². The number of nitrogens with zero attached hydrogens (tertiary/aromatic N) is 1. The Morgan fingerprint density at radius 2 is 1.60 bits per heavy atom. The molecule has 1 N–H and O–H groups in total. The Morgan fingerprint density at radius 3 is 2.17 bits per heavy atom. The number of anilines is 1. The maximum atomic E-state index is 13.4. The highest BCUT2D eigenvalue weighted by molar-refractivity contribution is 7.92. The normalized spacial score (nSPS) is 15.7. The van der Waals surface area contributed by atoms with Crippen LogP contribution in [0.4, 0.5) is 14.5 Å². The zero-order valence-electron chi connectivity index (χ0n) is 16.4. The fraction of sp³-hybridized carbons (Fsp3) is 0.333. The predicted molar refractivity (Wildman–Crippen MR) is 109 cm³/mol. The fourth-order valence-corrected chi connectivity index (χ4v) is 4.04. The van der Waals surface area contributed by atoms with Gasteiger partial charge in [0, 0.05) is 22.7 Å². The SMILES string of the molecule is CS(=O)(=O)Nc1ccc(C(=O)CN2CCC(C(=O)c3ccc(F)c(F)c3)CC2)cc1. The van der Waals surface area contributed by atoms with Gasteiger partial charge in [0.05, 0.1) is 12.8 Å². The first-order valence-electron chi connectivity index (χ1n) is 9.45. The van der Waals surface area contributed by atoms with E-state index in [9.17, 15) is 26.8 Å². The summed E-state index contributed by atoms with van der Waals surface area (Å²) in [4.78, 5) is 27.0. The molecule has 6 nitrogen and oxygen atoms in total. The van der Waals surface area contributed by atoms with Crippen molar-refractivity contribution in [1.82, 2.24) is 4.90 Å². The van der Waals surface area contributed by atoms with Crippen LogP contribution in [-0.4, -0.2) is 50.8 Å². The van der Waals surface area contributed by atoms with E-state index in [1.54, 1.807) is 12.1 Å². The molecule has 0 aliphatic carbocycles. The van der Waals surface area contributed by atoms with E-state index in [-0.39, 0.29) is 29.6 Å². The molecule has 0 radical (unpaired) electrons. The van der Waals surface area contributed by atoms with Crippen molar-refractivity contribution >= 4 is 27.3 Å². The quantitative estimate of drug-likeness (QED) is 0.675. The van der Waals surface area contributed by atoms with Crippen LogP contribution in [0.2, 0.25) is 0 Å². The maximum absolute atomic E-state index is 13.4. The number of piperidine rings is 1. The second kappa shape index (κ2) is 9.01. The molecule has 0 unspecified atom stereocenters. The molecule has 2 aromatic rings. The van der Waals surface area contributed by atoms with Gasteiger partial charge in [0.1, 0.15) is 0 Å². The topological polar surface area (TPSA) is 83.6 Å². The molecular formula is C21H22F2N2O4S. The predicted octanol–water partition coefficient (Wildman–Crippen LogP) is 3.11. The Labute approximate surface area is 173 Å². The van der Waals surface area contributed by atoms with Crippen LogP contribution in [0.5, 0.6) is 0 Å². The third kappa shape index (κ3) is 5.70. The molecule has 9 heteroatoms. The van der Waals surface area contributed by atoms with Crippen molar-refractivity contribution in [2.24, 2.45) is 5.92 Å².